The smallest absolute Gasteiger partial charge is 0.316 e. The molecule has 0 spiro atoms. The predicted octanol–water partition coefficient (Wildman–Crippen LogP) is 3.94. The molecule has 34 heavy (non-hydrogen) atoms. The Morgan fingerprint density at radius 1 is 0.853 bits per heavy atom. The van der Waals surface area contributed by atoms with Crippen molar-refractivity contribution in [3.63, 3.8) is 0 Å². The first-order valence-corrected chi connectivity index (χ1v) is 11.9. The molecule has 0 unspecified atom stereocenters. The van der Waals surface area contributed by atoms with E-state index in [1.165, 1.54) is 4.90 Å². The molecule has 3 atom stereocenters. The lowest BCUT2D eigenvalue weighted by molar-refractivity contribution is -0.139. The first-order chi connectivity index (χ1) is 16.3. The second kappa shape index (κ2) is 8.70. The molecular formula is C27H28N2O5. The van der Waals surface area contributed by atoms with Gasteiger partial charge in [0.25, 0.3) is 0 Å². The number of benzene rings is 2. The second-order valence-corrected chi connectivity index (χ2v) is 9.68. The van der Waals surface area contributed by atoms with Gasteiger partial charge in [0.05, 0.1) is 23.4 Å². The van der Waals surface area contributed by atoms with Crippen molar-refractivity contribution in [3.05, 3.63) is 53.6 Å². The number of nitrogens with zero attached hydrogens (tertiary/aromatic N) is 2. The van der Waals surface area contributed by atoms with Crippen molar-refractivity contribution >= 4 is 35.1 Å². The first-order valence-electron chi connectivity index (χ1n) is 11.9. The van der Waals surface area contributed by atoms with Crippen LogP contribution in [-0.2, 0) is 19.2 Å². The molecule has 0 N–H and O–H groups in total. The fourth-order valence-electron chi connectivity index (χ4n) is 5.50. The molecule has 2 aromatic rings. The summed E-state index contributed by atoms with van der Waals surface area (Å²) >= 11 is 0. The van der Waals surface area contributed by atoms with Crippen LogP contribution in [0, 0.1) is 31.6 Å². The van der Waals surface area contributed by atoms with E-state index in [1.807, 2.05) is 32.0 Å². The van der Waals surface area contributed by atoms with Crippen molar-refractivity contribution in [2.24, 2.45) is 17.8 Å². The molecule has 1 saturated carbocycles. The Bertz CT molecular complexity index is 1130. The third-order valence-corrected chi connectivity index (χ3v) is 7.13. The average Bonchev–Trinajstić information content (AvgIpc) is 3.32. The van der Waals surface area contributed by atoms with Gasteiger partial charge in [0.15, 0.2) is 0 Å². The van der Waals surface area contributed by atoms with Gasteiger partial charge in [0.1, 0.15) is 5.75 Å². The van der Waals surface area contributed by atoms with E-state index in [-0.39, 0.29) is 42.5 Å². The van der Waals surface area contributed by atoms with E-state index in [4.69, 9.17) is 4.74 Å². The van der Waals surface area contributed by atoms with Crippen LogP contribution in [0.3, 0.4) is 0 Å². The first kappa shape index (κ1) is 22.3. The van der Waals surface area contributed by atoms with Gasteiger partial charge in [0, 0.05) is 18.7 Å². The fourth-order valence-corrected chi connectivity index (χ4v) is 5.50. The number of aryl methyl sites for hydroxylation is 2. The Kier molecular flexibility index (Phi) is 5.71. The van der Waals surface area contributed by atoms with Crippen LogP contribution in [0.25, 0.3) is 0 Å². The highest BCUT2D eigenvalue weighted by atomic mass is 16.5. The highest BCUT2D eigenvalue weighted by molar-refractivity contribution is 6.22. The number of amides is 3. The summed E-state index contributed by atoms with van der Waals surface area (Å²) in [7, 11) is 0. The second-order valence-electron chi connectivity index (χ2n) is 9.68. The van der Waals surface area contributed by atoms with E-state index in [1.54, 1.807) is 29.2 Å². The van der Waals surface area contributed by atoms with Crippen LogP contribution in [-0.4, -0.2) is 30.2 Å². The Labute approximate surface area is 198 Å². The summed E-state index contributed by atoms with van der Waals surface area (Å²) in [5.74, 6) is -1.48. The number of carbonyl (C=O) groups excluding carboxylic acids is 4. The monoisotopic (exact) mass is 460 g/mol. The summed E-state index contributed by atoms with van der Waals surface area (Å²) in [6.07, 6.45) is 3.59. The van der Waals surface area contributed by atoms with Gasteiger partial charge in [-0.1, -0.05) is 18.9 Å². The normalized spacial score (nSPS) is 24.5. The molecule has 2 aromatic carbocycles. The minimum atomic E-state index is -0.558. The van der Waals surface area contributed by atoms with Crippen molar-refractivity contribution in [2.45, 2.75) is 46.0 Å². The zero-order valence-corrected chi connectivity index (χ0v) is 19.5. The lowest BCUT2D eigenvalue weighted by Crippen LogP contribution is -2.30. The molecule has 3 amide bonds. The van der Waals surface area contributed by atoms with E-state index in [0.29, 0.717) is 11.4 Å². The molecule has 3 aliphatic rings. The Morgan fingerprint density at radius 2 is 1.44 bits per heavy atom. The van der Waals surface area contributed by atoms with Gasteiger partial charge in [-0.15, -0.1) is 0 Å². The highest BCUT2D eigenvalue weighted by Crippen LogP contribution is 2.40. The average molecular weight is 461 g/mol. The number of hydrogen-bond donors (Lipinski definition) is 0. The molecular weight excluding hydrogens is 432 g/mol. The topological polar surface area (TPSA) is 84.0 Å². The molecule has 7 heteroatoms. The molecule has 2 saturated heterocycles. The molecule has 2 heterocycles. The summed E-state index contributed by atoms with van der Waals surface area (Å²) < 4.78 is 5.54. The van der Waals surface area contributed by atoms with Gasteiger partial charge in [0.2, 0.25) is 17.7 Å². The third-order valence-electron chi connectivity index (χ3n) is 7.13. The third kappa shape index (κ3) is 4.00. The van der Waals surface area contributed by atoms with Crippen molar-refractivity contribution in [1.82, 2.24) is 0 Å². The summed E-state index contributed by atoms with van der Waals surface area (Å²) in [5.41, 5.74) is 3.41. The van der Waals surface area contributed by atoms with Gasteiger partial charge >= 0.3 is 5.97 Å². The molecule has 0 radical (unpaired) electrons. The van der Waals surface area contributed by atoms with Crippen molar-refractivity contribution < 1.29 is 23.9 Å². The number of fused-ring (bicyclic) bond motifs is 1. The molecule has 7 nitrogen and oxygen atoms in total. The number of hydrogen-bond acceptors (Lipinski definition) is 5. The van der Waals surface area contributed by atoms with Crippen LogP contribution >= 0.6 is 0 Å². The van der Waals surface area contributed by atoms with Gasteiger partial charge in [-0.05, 0) is 74.2 Å². The molecule has 2 aliphatic heterocycles. The van der Waals surface area contributed by atoms with E-state index >= 15 is 0 Å². The molecule has 176 valence electrons. The maximum atomic E-state index is 12.8. The van der Waals surface area contributed by atoms with Crippen molar-refractivity contribution in [1.29, 1.82) is 0 Å². The van der Waals surface area contributed by atoms with E-state index in [9.17, 15) is 19.2 Å². The zero-order valence-electron chi connectivity index (χ0n) is 19.5. The molecule has 1 aliphatic carbocycles. The minimum absolute atomic E-state index is 0.101. The summed E-state index contributed by atoms with van der Waals surface area (Å²) in [6.45, 7) is 4.23. The van der Waals surface area contributed by atoms with E-state index < -0.39 is 11.9 Å². The van der Waals surface area contributed by atoms with Crippen LogP contribution in [0.4, 0.5) is 11.4 Å². The zero-order chi connectivity index (χ0) is 24.0. The number of anilines is 2. The lowest BCUT2D eigenvalue weighted by Gasteiger charge is -2.19. The van der Waals surface area contributed by atoms with Crippen LogP contribution in [0.15, 0.2) is 42.5 Å². The number of esters is 1. The predicted molar refractivity (Wildman–Crippen MR) is 126 cm³/mol. The van der Waals surface area contributed by atoms with Crippen molar-refractivity contribution in [2.75, 3.05) is 16.3 Å². The Morgan fingerprint density at radius 3 is 2.03 bits per heavy atom. The Hall–Kier alpha value is -3.48. The molecule has 5 rings (SSSR count). The fraction of sp³-hybridized carbons (Fsp3) is 0.407. The standard InChI is InChI=1S/C27H28N2O5/c1-16-11-17(2)13-20(12-16)28-15-18(14-24(28)30)27(33)34-21-9-7-19(8-10-21)29-25(31)22-5-3-4-6-23(22)26(29)32/h7-13,18,22-23H,3-6,14-15H2,1-2H3/t18-,22+,23+/m1/s1. The van der Waals surface area contributed by atoms with Gasteiger partial charge in [-0.3, -0.25) is 24.1 Å². The van der Waals surface area contributed by atoms with Crippen LogP contribution < -0.4 is 14.5 Å². The van der Waals surface area contributed by atoms with Crippen LogP contribution in [0.1, 0.15) is 43.2 Å². The number of carbonyl (C=O) groups is 4. The Balaban J connectivity index is 1.25. The molecule has 3 fully saturated rings. The van der Waals surface area contributed by atoms with Gasteiger partial charge in [-0.25, -0.2) is 0 Å². The van der Waals surface area contributed by atoms with Gasteiger partial charge in [-0.2, -0.15) is 0 Å². The number of ether oxygens (including phenoxy) is 1. The van der Waals surface area contributed by atoms with Crippen molar-refractivity contribution in [3.8, 4) is 5.75 Å². The molecule has 0 bridgehead atoms. The highest BCUT2D eigenvalue weighted by Gasteiger charge is 2.48. The number of rotatable bonds is 4. The maximum absolute atomic E-state index is 12.8. The largest absolute Gasteiger partial charge is 0.426 e. The minimum Gasteiger partial charge on any atom is -0.426 e. The summed E-state index contributed by atoms with van der Waals surface area (Å²) in [5, 5.41) is 0. The summed E-state index contributed by atoms with van der Waals surface area (Å²) in [4.78, 5) is 53.8. The number of imide groups is 1. The lowest BCUT2D eigenvalue weighted by atomic mass is 9.81. The SMILES string of the molecule is Cc1cc(C)cc(N2C[C@H](C(=O)Oc3ccc(N4C(=O)[C@H]5CCCC[C@@H]5C4=O)cc3)CC2=O)c1. The van der Waals surface area contributed by atoms with E-state index in [2.05, 4.69) is 0 Å². The maximum Gasteiger partial charge on any atom is 0.316 e. The quantitative estimate of drug-likeness (QED) is 0.392. The van der Waals surface area contributed by atoms with Crippen LogP contribution in [0.5, 0.6) is 5.75 Å². The van der Waals surface area contributed by atoms with Crippen LogP contribution in [0.2, 0.25) is 0 Å². The van der Waals surface area contributed by atoms with Gasteiger partial charge < -0.3 is 9.64 Å². The summed E-state index contributed by atoms with van der Waals surface area (Å²) in [6, 6.07) is 12.4. The van der Waals surface area contributed by atoms with E-state index in [0.717, 1.165) is 42.5 Å². The molecule has 0 aromatic heterocycles.